The van der Waals surface area contributed by atoms with Crippen LogP contribution in [0.15, 0.2) is 0 Å². The number of rotatable bonds is 32. The Morgan fingerprint density at radius 2 is 1.00 bits per heavy atom. The minimum Gasteiger partial charge on any atom is -0.391 e. The standard InChI is InChI=1S/C36H70O8/c1-30(2)44-32(29-41-8)23-18-14-10-12-16-20-25-34(39)36(5,6)43-27-21-26-42-35(3,4)33(38)24-19-15-11-9-13-17-22-31(37)28-40-7/h30-32,37H,9-29H2,1-8H3. The number of methoxy groups -OCH3 is 2. The minimum atomic E-state index is -0.809. The molecule has 0 heterocycles. The molecule has 262 valence electrons. The predicted octanol–water partition coefficient (Wildman–Crippen LogP) is 7.79. The van der Waals surface area contributed by atoms with Gasteiger partial charge < -0.3 is 28.8 Å². The van der Waals surface area contributed by atoms with Gasteiger partial charge in [0.15, 0.2) is 11.6 Å². The quantitative estimate of drug-likeness (QED) is 0.0752. The molecule has 1 N–H and O–H groups in total. The molecule has 2 unspecified atom stereocenters. The van der Waals surface area contributed by atoms with Gasteiger partial charge in [0.2, 0.25) is 0 Å². The molecule has 0 radical (unpaired) electrons. The van der Waals surface area contributed by atoms with Gasteiger partial charge in [-0.1, -0.05) is 64.2 Å². The normalized spacial score (nSPS) is 13.9. The third-order valence-corrected chi connectivity index (χ3v) is 8.10. The van der Waals surface area contributed by atoms with Gasteiger partial charge in [0.1, 0.15) is 11.2 Å². The Kier molecular flexibility index (Phi) is 25.7. The summed E-state index contributed by atoms with van der Waals surface area (Å²) >= 11 is 0. The molecule has 2 atom stereocenters. The van der Waals surface area contributed by atoms with Crippen molar-refractivity contribution in [1.29, 1.82) is 0 Å². The van der Waals surface area contributed by atoms with E-state index in [-0.39, 0.29) is 29.9 Å². The number of ether oxygens (including phenoxy) is 5. The molecule has 8 nitrogen and oxygen atoms in total. The molecule has 44 heavy (non-hydrogen) atoms. The van der Waals surface area contributed by atoms with E-state index in [4.69, 9.17) is 23.7 Å². The summed E-state index contributed by atoms with van der Waals surface area (Å²) in [6.45, 7) is 13.4. The van der Waals surface area contributed by atoms with Crippen LogP contribution >= 0.6 is 0 Å². The zero-order valence-electron chi connectivity index (χ0n) is 29.9. The van der Waals surface area contributed by atoms with Crippen molar-refractivity contribution in [2.75, 3.05) is 40.6 Å². The lowest BCUT2D eigenvalue weighted by Crippen LogP contribution is -2.37. The summed E-state index contributed by atoms with van der Waals surface area (Å²) in [5.74, 6) is 0.276. The largest absolute Gasteiger partial charge is 0.391 e. The van der Waals surface area contributed by atoms with E-state index < -0.39 is 11.2 Å². The first-order valence-corrected chi connectivity index (χ1v) is 17.5. The summed E-state index contributed by atoms with van der Waals surface area (Å²) in [5.41, 5.74) is -1.61. The van der Waals surface area contributed by atoms with E-state index in [9.17, 15) is 14.7 Å². The van der Waals surface area contributed by atoms with Gasteiger partial charge in [0.05, 0.1) is 44.7 Å². The Morgan fingerprint density at radius 3 is 1.43 bits per heavy atom. The van der Waals surface area contributed by atoms with E-state index in [1.54, 1.807) is 14.2 Å². The number of carbonyl (C=O) groups excluding carboxylic acids is 2. The molecule has 8 heteroatoms. The Morgan fingerprint density at radius 1 is 0.591 bits per heavy atom. The van der Waals surface area contributed by atoms with Crippen LogP contribution in [0, 0.1) is 0 Å². The predicted molar refractivity (Wildman–Crippen MR) is 178 cm³/mol. The van der Waals surface area contributed by atoms with Gasteiger partial charge in [0.25, 0.3) is 0 Å². The second-order valence-corrected chi connectivity index (χ2v) is 13.6. The van der Waals surface area contributed by atoms with E-state index >= 15 is 0 Å². The van der Waals surface area contributed by atoms with Crippen LogP contribution in [0.1, 0.15) is 151 Å². The maximum absolute atomic E-state index is 12.7. The maximum Gasteiger partial charge on any atom is 0.164 e. The van der Waals surface area contributed by atoms with Crippen LogP contribution in [0.5, 0.6) is 0 Å². The molecule has 0 aromatic rings. The second-order valence-electron chi connectivity index (χ2n) is 13.6. The molecule has 0 aliphatic heterocycles. The van der Waals surface area contributed by atoms with Gasteiger partial charge in [-0.3, -0.25) is 9.59 Å². The highest BCUT2D eigenvalue weighted by molar-refractivity contribution is 5.86. The van der Waals surface area contributed by atoms with Gasteiger partial charge in [-0.05, 0) is 73.6 Å². The van der Waals surface area contributed by atoms with E-state index in [2.05, 4.69) is 13.8 Å². The zero-order chi connectivity index (χ0) is 33.3. The first-order chi connectivity index (χ1) is 20.9. The number of unbranched alkanes of at least 4 members (excludes halogenated alkanes) is 10. The lowest BCUT2D eigenvalue weighted by Gasteiger charge is -2.26. The molecule has 0 aromatic heterocycles. The number of carbonyl (C=O) groups is 2. The summed E-state index contributed by atoms with van der Waals surface area (Å²) in [6, 6.07) is 0. The average molecular weight is 631 g/mol. The van der Waals surface area contributed by atoms with E-state index in [0.29, 0.717) is 45.7 Å². The van der Waals surface area contributed by atoms with Crippen LogP contribution in [0.3, 0.4) is 0 Å². The van der Waals surface area contributed by atoms with Crippen molar-refractivity contribution in [2.24, 2.45) is 0 Å². The number of ketones is 2. The van der Waals surface area contributed by atoms with Crippen molar-refractivity contribution >= 4 is 11.6 Å². The van der Waals surface area contributed by atoms with Crippen LogP contribution in [-0.2, 0) is 33.3 Å². The average Bonchev–Trinajstić information content (AvgIpc) is 2.95. The van der Waals surface area contributed by atoms with Crippen LogP contribution < -0.4 is 0 Å². The highest BCUT2D eigenvalue weighted by Gasteiger charge is 2.29. The summed E-state index contributed by atoms with van der Waals surface area (Å²) in [4.78, 5) is 25.4. The monoisotopic (exact) mass is 631 g/mol. The highest BCUT2D eigenvalue weighted by atomic mass is 16.5. The SMILES string of the molecule is COCC(O)CCCCCCCCC(=O)C(C)(C)OCCCOC(C)(C)C(=O)CCCCCCCCC(COC)OC(C)C. The Balaban J connectivity index is 3.92. The fraction of sp³-hybridized carbons (Fsp3) is 0.944. The van der Waals surface area contributed by atoms with E-state index in [1.165, 1.54) is 12.8 Å². The summed E-state index contributed by atoms with van der Waals surface area (Å²) in [6.07, 6.45) is 16.4. The molecule has 0 saturated heterocycles. The maximum atomic E-state index is 12.7. The Bertz CT molecular complexity index is 706. The Hall–Kier alpha value is -0.900. The lowest BCUT2D eigenvalue weighted by molar-refractivity contribution is -0.144. The van der Waals surface area contributed by atoms with Gasteiger partial charge in [-0.15, -0.1) is 0 Å². The molecule has 0 aliphatic carbocycles. The highest BCUT2D eigenvalue weighted by Crippen LogP contribution is 2.20. The summed E-state index contributed by atoms with van der Waals surface area (Å²) < 4.78 is 28.0. The van der Waals surface area contributed by atoms with Crippen LogP contribution in [0.25, 0.3) is 0 Å². The van der Waals surface area contributed by atoms with E-state index in [0.717, 1.165) is 77.0 Å². The van der Waals surface area contributed by atoms with Crippen molar-refractivity contribution in [3.8, 4) is 0 Å². The fourth-order valence-corrected chi connectivity index (χ4v) is 5.25. The number of aliphatic hydroxyl groups excluding tert-OH is 1. The number of Topliss-reactive ketones (excluding diaryl/α,β-unsaturated/α-hetero) is 2. The molecule has 0 fully saturated rings. The van der Waals surface area contributed by atoms with Gasteiger partial charge in [0, 0.05) is 27.1 Å². The molecule has 0 aliphatic rings. The van der Waals surface area contributed by atoms with Crippen molar-refractivity contribution in [3.63, 3.8) is 0 Å². The minimum absolute atomic E-state index is 0.132. The molecule has 0 spiro atoms. The molecule has 0 amide bonds. The van der Waals surface area contributed by atoms with Crippen molar-refractivity contribution in [1.82, 2.24) is 0 Å². The van der Waals surface area contributed by atoms with Gasteiger partial charge in [-0.2, -0.15) is 0 Å². The fourth-order valence-electron chi connectivity index (χ4n) is 5.25. The van der Waals surface area contributed by atoms with Crippen molar-refractivity contribution < 1.29 is 38.4 Å². The van der Waals surface area contributed by atoms with E-state index in [1.807, 2.05) is 27.7 Å². The smallest absolute Gasteiger partial charge is 0.164 e. The molecule has 0 bridgehead atoms. The van der Waals surface area contributed by atoms with Crippen molar-refractivity contribution in [3.05, 3.63) is 0 Å². The topological polar surface area (TPSA) is 101 Å². The van der Waals surface area contributed by atoms with Crippen LogP contribution in [0.2, 0.25) is 0 Å². The third kappa shape index (κ3) is 23.4. The molecular weight excluding hydrogens is 560 g/mol. The number of aliphatic hydroxyl groups is 1. The van der Waals surface area contributed by atoms with Crippen LogP contribution in [0.4, 0.5) is 0 Å². The summed E-state index contributed by atoms with van der Waals surface area (Å²) in [5, 5.41) is 9.67. The Labute approximate surface area is 270 Å². The molecule has 0 saturated carbocycles. The van der Waals surface area contributed by atoms with Gasteiger partial charge in [-0.25, -0.2) is 0 Å². The lowest BCUT2D eigenvalue weighted by atomic mass is 9.97. The van der Waals surface area contributed by atoms with Crippen molar-refractivity contribution in [2.45, 2.75) is 180 Å². The summed E-state index contributed by atoms with van der Waals surface area (Å²) in [7, 11) is 3.33. The molecular formula is C36H70O8. The number of hydrogen-bond acceptors (Lipinski definition) is 8. The molecule has 0 rings (SSSR count). The zero-order valence-corrected chi connectivity index (χ0v) is 29.9. The third-order valence-electron chi connectivity index (χ3n) is 8.10. The number of hydrogen-bond donors (Lipinski definition) is 1. The van der Waals surface area contributed by atoms with Gasteiger partial charge >= 0.3 is 0 Å². The second kappa shape index (κ2) is 26.2. The molecule has 0 aromatic carbocycles. The van der Waals surface area contributed by atoms with Crippen LogP contribution in [-0.4, -0.2) is 86.8 Å². The first kappa shape index (κ1) is 43.1. The first-order valence-electron chi connectivity index (χ1n) is 17.5.